The maximum absolute atomic E-state index is 2.37. The lowest BCUT2D eigenvalue weighted by Crippen LogP contribution is -2.10. The summed E-state index contributed by atoms with van der Waals surface area (Å²) in [6.07, 6.45) is 0. The van der Waals surface area contributed by atoms with E-state index in [9.17, 15) is 0 Å². The molecule has 0 N–H and O–H groups in total. The van der Waals surface area contributed by atoms with Gasteiger partial charge >= 0.3 is 0 Å². The van der Waals surface area contributed by atoms with Gasteiger partial charge in [0, 0.05) is 33.5 Å². The van der Waals surface area contributed by atoms with Crippen LogP contribution in [0.1, 0.15) is 0 Å². The van der Waals surface area contributed by atoms with E-state index in [1.165, 1.54) is 65.3 Å². The van der Waals surface area contributed by atoms with Crippen LogP contribution in [0, 0.1) is 0 Å². The predicted molar refractivity (Wildman–Crippen MR) is 257 cm³/mol. The molecule has 0 bridgehead atoms. The van der Waals surface area contributed by atoms with Crippen molar-refractivity contribution in [2.45, 2.75) is 0 Å². The molecule has 0 radical (unpaired) electrons. The van der Waals surface area contributed by atoms with Gasteiger partial charge in [-0.15, -0.1) is 0 Å². The molecule has 11 aromatic carbocycles. The number of benzene rings is 11. The summed E-state index contributed by atoms with van der Waals surface area (Å²) in [7, 11) is 0. The quantitative estimate of drug-likeness (QED) is 0.142. The second kappa shape index (κ2) is 15.1. The number of para-hydroxylation sites is 2. The Labute approximate surface area is 350 Å². The van der Waals surface area contributed by atoms with Gasteiger partial charge in [0.25, 0.3) is 0 Å². The van der Waals surface area contributed by atoms with E-state index < -0.39 is 0 Å². The average molecular weight is 765 g/mol. The maximum Gasteiger partial charge on any atom is 0.0540 e. The summed E-state index contributed by atoms with van der Waals surface area (Å²) >= 11 is 0. The molecule has 11 rings (SSSR count). The van der Waals surface area contributed by atoms with Crippen LogP contribution in [0.3, 0.4) is 0 Å². The third-order valence-electron chi connectivity index (χ3n) is 11.7. The fourth-order valence-electron chi connectivity index (χ4n) is 8.82. The van der Waals surface area contributed by atoms with Gasteiger partial charge in [0.2, 0.25) is 0 Å². The van der Waals surface area contributed by atoms with Crippen molar-refractivity contribution < 1.29 is 0 Å². The Kier molecular flexibility index (Phi) is 8.87. The van der Waals surface area contributed by atoms with Crippen LogP contribution in [0.25, 0.3) is 65.3 Å². The van der Waals surface area contributed by atoms with E-state index in [0.29, 0.717) is 0 Å². The summed E-state index contributed by atoms with van der Waals surface area (Å²) < 4.78 is 0. The molecule has 0 atom stereocenters. The zero-order valence-corrected chi connectivity index (χ0v) is 33.0. The molecule has 0 heterocycles. The number of hydrogen-bond acceptors (Lipinski definition) is 2. The van der Waals surface area contributed by atoms with E-state index >= 15 is 0 Å². The first kappa shape index (κ1) is 35.2. The molecular formula is C58H40N2. The normalized spacial score (nSPS) is 11.3. The number of anilines is 6. The number of rotatable bonds is 8. The van der Waals surface area contributed by atoms with Crippen molar-refractivity contribution in [3.63, 3.8) is 0 Å². The van der Waals surface area contributed by atoms with Crippen molar-refractivity contribution in [2.24, 2.45) is 0 Å². The third kappa shape index (κ3) is 6.51. The number of fused-ring (bicyclic) bond motifs is 4. The Hall–Kier alpha value is -7.94. The third-order valence-corrected chi connectivity index (χ3v) is 11.7. The van der Waals surface area contributed by atoms with E-state index in [-0.39, 0.29) is 0 Å². The Morgan fingerprint density at radius 1 is 0.200 bits per heavy atom. The lowest BCUT2D eigenvalue weighted by atomic mass is 9.96. The molecule has 0 spiro atoms. The molecule has 282 valence electrons. The van der Waals surface area contributed by atoms with Gasteiger partial charge < -0.3 is 9.80 Å². The average Bonchev–Trinajstić information content (AvgIpc) is 3.32. The van der Waals surface area contributed by atoms with Gasteiger partial charge in [-0.1, -0.05) is 158 Å². The molecule has 0 aliphatic rings. The Morgan fingerprint density at radius 2 is 0.567 bits per heavy atom. The molecule has 2 heteroatoms. The number of hydrogen-bond donors (Lipinski definition) is 0. The van der Waals surface area contributed by atoms with Crippen LogP contribution >= 0.6 is 0 Å². The Morgan fingerprint density at radius 3 is 1.03 bits per heavy atom. The second-order valence-electron chi connectivity index (χ2n) is 15.4. The molecule has 11 aromatic rings. The molecule has 0 saturated carbocycles. The highest BCUT2D eigenvalue weighted by Gasteiger charge is 2.18. The van der Waals surface area contributed by atoms with Crippen LogP contribution in [0.2, 0.25) is 0 Å². The largest absolute Gasteiger partial charge is 0.310 e. The first-order chi connectivity index (χ1) is 29.7. The molecule has 0 saturated heterocycles. The zero-order valence-electron chi connectivity index (χ0n) is 33.0. The van der Waals surface area contributed by atoms with Gasteiger partial charge in [-0.05, 0) is 140 Å². The summed E-state index contributed by atoms with van der Waals surface area (Å²) in [4.78, 5) is 4.74. The van der Waals surface area contributed by atoms with E-state index in [1.807, 2.05) is 0 Å². The van der Waals surface area contributed by atoms with E-state index in [2.05, 4.69) is 252 Å². The SMILES string of the molecule is c1ccc(N(c2cccc(-c3ccc4cc5cc(-c6cccc(N(c7ccccc7)c7cccc8ccccc78)c6)ccc5cc4c3)c2)c2cccc3ccccc23)cc1. The maximum atomic E-state index is 2.37. The predicted octanol–water partition coefficient (Wildman–Crippen LogP) is 16.6. The highest BCUT2D eigenvalue weighted by molar-refractivity contribution is 6.03. The topological polar surface area (TPSA) is 6.48 Å². The van der Waals surface area contributed by atoms with E-state index in [4.69, 9.17) is 0 Å². The minimum absolute atomic E-state index is 1.12. The fourth-order valence-corrected chi connectivity index (χ4v) is 8.82. The minimum Gasteiger partial charge on any atom is -0.310 e. The van der Waals surface area contributed by atoms with Crippen LogP contribution in [0.15, 0.2) is 243 Å². The minimum atomic E-state index is 1.12. The summed E-state index contributed by atoms with van der Waals surface area (Å²) in [5.41, 5.74) is 11.5. The van der Waals surface area contributed by atoms with Gasteiger partial charge in [-0.2, -0.15) is 0 Å². The molecular weight excluding hydrogens is 725 g/mol. The van der Waals surface area contributed by atoms with Gasteiger partial charge in [-0.25, -0.2) is 0 Å². The standard InChI is InChI=1S/C58H40N2/c1-3-21-51(22-4-1)59(57-29-13-17-41-15-7-9-27-55(41)57)53-25-11-19-43(39-53)45-31-33-47-38-50-36-46(32-34-48(50)37-49(47)35-45)44-20-12-26-54(40-44)60(52-23-5-2-6-24-52)58-30-14-18-42-16-8-10-28-56(42)58/h1-40H. The van der Waals surface area contributed by atoms with Crippen molar-refractivity contribution in [3.8, 4) is 22.3 Å². The van der Waals surface area contributed by atoms with Crippen molar-refractivity contribution in [1.82, 2.24) is 0 Å². The highest BCUT2D eigenvalue weighted by Crippen LogP contribution is 2.42. The monoisotopic (exact) mass is 764 g/mol. The van der Waals surface area contributed by atoms with Crippen molar-refractivity contribution >= 4 is 77.2 Å². The lowest BCUT2D eigenvalue weighted by molar-refractivity contribution is 1.30. The van der Waals surface area contributed by atoms with Crippen molar-refractivity contribution in [3.05, 3.63) is 243 Å². The summed E-state index contributed by atoms with van der Waals surface area (Å²) in [5.74, 6) is 0. The summed E-state index contributed by atoms with van der Waals surface area (Å²) in [6, 6.07) is 87.9. The first-order valence-electron chi connectivity index (χ1n) is 20.6. The molecule has 0 aliphatic carbocycles. The van der Waals surface area contributed by atoms with Gasteiger partial charge in [0.1, 0.15) is 0 Å². The summed E-state index contributed by atoms with van der Waals surface area (Å²) in [5, 5.41) is 9.78. The Balaban J connectivity index is 0.947. The molecule has 0 aromatic heterocycles. The van der Waals surface area contributed by atoms with Crippen LogP contribution in [-0.4, -0.2) is 0 Å². The van der Waals surface area contributed by atoms with Crippen LogP contribution in [0.5, 0.6) is 0 Å². The molecule has 0 unspecified atom stereocenters. The smallest absolute Gasteiger partial charge is 0.0540 e. The Bertz CT molecular complexity index is 3100. The van der Waals surface area contributed by atoms with Crippen LogP contribution in [-0.2, 0) is 0 Å². The van der Waals surface area contributed by atoms with Gasteiger partial charge in [0.05, 0.1) is 11.4 Å². The molecule has 0 aliphatic heterocycles. The number of nitrogens with zero attached hydrogens (tertiary/aromatic N) is 2. The molecule has 60 heavy (non-hydrogen) atoms. The van der Waals surface area contributed by atoms with Crippen LogP contribution < -0.4 is 9.80 Å². The van der Waals surface area contributed by atoms with Crippen molar-refractivity contribution in [1.29, 1.82) is 0 Å². The summed E-state index contributed by atoms with van der Waals surface area (Å²) in [6.45, 7) is 0. The molecule has 2 nitrogen and oxygen atoms in total. The second-order valence-corrected chi connectivity index (χ2v) is 15.4. The molecule has 0 amide bonds. The zero-order chi connectivity index (χ0) is 39.8. The molecule has 0 fully saturated rings. The van der Waals surface area contributed by atoms with E-state index in [0.717, 1.165) is 34.1 Å². The lowest BCUT2D eigenvalue weighted by Gasteiger charge is -2.27. The van der Waals surface area contributed by atoms with Crippen LogP contribution in [0.4, 0.5) is 34.1 Å². The van der Waals surface area contributed by atoms with Gasteiger partial charge in [0.15, 0.2) is 0 Å². The van der Waals surface area contributed by atoms with E-state index in [1.54, 1.807) is 0 Å². The first-order valence-corrected chi connectivity index (χ1v) is 20.6. The fraction of sp³-hybridized carbons (Fsp3) is 0. The van der Waals surface area contributed by atoms with Crippen molar-refractivity contribution in [2.75, 3.05) is 9.80 Å². The van der Waals surface area contributed by atoms with Gasteiger partial charge in [-0.3, -0.25) is 0 Å². The highest BCUT2D eigenvalue weighted by atomic mass is 15.1.